The van der Waals surface area contributed by atoms with Crippen LogP contribution in [0.2, 0.25) is 5.02 Å². The minimum Gasteiger partial charge on any atom is -0.352 e. The van der Waals surface area contributed by atoms with Crippen molar-refractivity contribution in [1.82, 2.24) is 10.2 Å². The molecule has 0 radical (unpaired) electrons. The Hall–Kier alpha value is -3.64. The van der Waals surface area contributed by atoms with Crippen molar-refractivity contribution < 1.29 is 35.6 Å². The van der Waals surface area contributed by atoms with E-state index in [1.165, 1.54) is 43.3 Å². The number of amides is 2. The summed E-state index contributed by atoms with van der Waals surface area (Å²) in [5, 5.41) is 2.03. The van der Waals surface area contributed by atoms with Crippen molar-refractivity contribution in [3.8, 4) is 0 Å². The lowest BCUT2D eigenvalue weighted by molar-refractivity contribution is -0.139. The Morgan fingerprint density at radius 2 is 1.55 bits per heavy atom. The van der Waals surface area contributed by atoms with Gasteiger partial charge in [0.05, 0.1) is 21.2 Å². The molecule has 1 N–H and O–H groups in total. The minimum absolute atomic E-state index is 0.210. The van der Waals surface area contributed by atoms with Gasteiger partial charge in [-0.25, -0.2) is 12.8 Å². The van der Waals surface area contributed by atoms with Crippen molar-refractivity contribution in [3.05, 3.63) is 94.3 Å². The first-order valence-corrected chi connectivity index (χ1v) is 14.6. The van der Waals surface area contributed by atoms with E-state index in [2.05, 4.69) is 5.32 Å². The largest absolute Gasteiger partial charge is 0.417 e. The van der Waals surface area contributed by atoms with Gasteiger partial charge in [-0.2, -0.15) is 13.2 Å². The third kappa shape index (κ3) is 8.01. The topological polar surface area (TPSA) is 86.8 Å². The highest BCUT2D eigenvalue weighted by Gasteiger charge is 2.37. The highest BCUT2D eigenvalue weighted by Crippen LogP contribution is 2.38. The van der Waals surface area contributed by atoms with Crippen LogP contribution >= 0.6 is 11.6 Å². The Morgan fingerprint density at radius 3 is 2.10 bits per heavy atom. The zero-order valence-corrected chi connectivity index (χ0v) is 24.8. The van der Waals surface area contributed by atoms with Gasteiger partial charge in [0.2, 0.25) is 11.8 Å². The molecule has 0 unspecified atom stereocenters. The molecule has 0 saturated heterocycles. The van der Waals surface area contributed by atoms with Crippen molar-refractivity contribution in [2.45, 2.75) is 57.4 Å². The molecule has 3 aromatic rings. The Bertz CT molecular complexity index is 1530. The standard InChI is InChI=1S/C29H30ClF4N3O4S/c1-18(2)35-28(39)20(4)36(16-21-7-9-22(31)10-8-21)27(38)17-37(42(40,41)24-12-5-19(3)6-13-24)23-11-14-26(30)25(15-23)29(32,33)34/h5-15,18,20H,16-17H2,1-4H3,(H,35,39)/t20-/m0/s1. The zero-order chi connectivity index (χ0) is 31.4. The van der Waals surface area contributed by atoms with Gasteiger partial charge in [-0.15, -0.1) is 0 Å². The Labute approximate surface area is 247 Å². The molecule has 0 heterocycles. The van der Waals surface area contributed by atoms with E-state index in [0.717, 1.165) is 34.7 Å². The van der Waals surface area contributed by atoms with Gasteiger partial charge in [-0.1, -0.05) is 41.4 Å². The average molecular weight is 628 g/mol. The first-order valence-electron chi connectivity index (χ1n) is 12.8. The molecule has 226 valence electrons. The van der Waals surface area contributed by atoms with Crippen LogP contribution in [0.4, 0.5) is 23.2 Å². The molecule has 3 rings (SSSR count). The number of aryl methyl sites for hydroxylation is 1. The molecule has 2 amide bonds. The molecule has 1 atom stereocenters. The molecule has 0 aliphatic rings. The molecule has 7 nitrogen and oxygen atoms in total. The molecular formula is C29H30ClF4N3O4S. The summed E-state index contributed by atoms with van der Waals surface area (Å²) in [5.41, 5.74) is -0.571. The van der Waals surface area contributed by atoms with Crippen LogP contribution in [0.3, 0.4) is 0 Å². The van der Waals surface area contributed by atoms with Crippen molar-refractivity contribution in [2.75, 3.05) is 10.8 Å². The van der Waals surface area contributed by atoms with E-state index >= 15 is 0 Å². The quantitative estimate of drug-likeness (QED) is 0.282. The van der Waals surface area contributed by atoms with Gasteiger partial charge in [0.1, 0.15) is 18.4 Å². The second kappa shape index (κ2) is 13.1. The zero-order valence-electron chi connectivity index (χ0n) is 23.2. The fourth-order valence-electron chi connectivity index (χ4n) is 4.03. The first kappa shape index (κ1) is 32.9. The van der Waals surface area contributed by atoms with Crippen molar-refractivity contribution >= 4 is 39.1 Å². The van der Waals surface area contributed by atoms with Gasteiger partial charge in [-0.3, -0.25) is 13.9 Å². The van der Waals surface area contributed by atoms with Gasteiger partial charge in [0.15, 0.2) is 0 Å². The van der Waals surface area contributed by atoms with E-state index in [-0.39, 0.29) is 17.5 Å². The highest BCUT2D eigenvalue weighted by molar-refractivity contribution is 7.92. The van der Waals surface area contributed by atoms with Gasteiger partial charge in [0.25, 0.3) is 10.0 Å². The average Bonchev–Trinajstić information content (AvgIpc) is 2.90. The predicted molar refractivity (Wildman–Crippen MR) is 152 cm³/mol. The number of nitrogens with zero attached hydrogens (tertiary/aromatic N) is 2. The second-order valence-electron chi connectivity index (χ2n) is 9.97. The van der Waals surface area contributed by atoms with E-state index < -0.39 is 62.7 Å². The predicted octanol–water partition coefficient (Wildman–Crippen LogP) is 5.94. The Morgan fingerprint density at radius 1 is 0.952 bits per heavy atom. The van der Waals surface area contributed by atoms with Crippen LogP contribution in [0.25, 0.3) is 0 Å². The Balaban J connectivity index is 2.12. The SMILES string of the molecule is Cc1ccc(S(=O)(=O)N(CC(=O)N(Cc2ccc(F)cc2)[C@@H](C)C(=O)NC(C)C)c2ccc(Cl)c(C(F)(F)F)c2)cc1. The number of carbonyl (C=O) groups is 2. The molecule has 0 aromatic heterocycles. The number of halogens is 5. The van der Waals surface area contributed by atoms with Crippen LogP contribution in [0, 0.1) is 12.7 Å². The number of carbonyl (C=O) groups excluding carboxylic acids is 2. The number of alkyl halides is 3. The normalized spacial score (nSPS) is 12.6. The molecule has 0 saturated carbocycles. The lowest BCUT2D eigenvalue weighted by Crippen LogP contribution is -2.52. The number of anilines is 1. The van der Waals surface area contributed by atoms with E-state index in [0.29, 0.717) is 15.9 Å². The molecule has 0 bridgehead atoms. The summed E-state index contributed by atoms with van der Waals surface area (Å²) in [6, 6.07) is 11.8. The van der Waals surface area contributed by atoms with Gasteiger partial charge in [-0.05, 0) is 75.7 Å². The van der Waals surface area contributed by atoms with E-state index in [4.69, 9.17) is 11.6 Å². The second-order valence-corrected chi connectivity index (χ2v) is 12.2. The van der Waals surface area contributed by atoms with Crippen molar-refractivity contribution in [3.63, 3.8) is 0 Å². The maximum atomic E-state index is 13.8. The summed E-state index contributed by atoms with van der Waals surface area (Å²) in [6.45, 7) is 5.43. The first-order chi connectivity index (χ1) is 19.5. The summed E-state index contributed by atoms with van der Waals surface area (Å²) in [7, 11) is -4.59. The number of benzene rings is 3. The summed E-state index contributed by atoms with van der Waals surface area (Å²) < 4.78 is 82.9. The van der Waals surface area contributed by atoms with Crippen molar-refractivity contribution in [1.29, 1.82) is 0 Å². The van der Waals surface area contributed by atoms with Gasteiger partial charge in [0, 0.05) is 12.6 Å². The molecule has 0 aliphatic carbocycles. The third-order valence-corrected chi connectivity index (χ3v) is 8.41. The molecule has 0 aliphatic heterocycles. The van der Waals surface area contributed by atoms with Crippen LogP contribution in [0.5, 0.6) is 0 Å². The number of rotatable bonds is 10. The number of sulfonamides is 1. The van der Waals surface area contributed by atoms with Crippen LogP contribution in [-0.4, -0.2) is 43.8 Å². The maximum Gasteiger partial charge on any atom is 0.417 e. The monoisotopic (exact) mass is 627 g/mol. The highest BCUT2D eigenvalue weighted by atomic mass is 35.5. The Kier molecular flexibility index (Phi) is 10.3. The fraction of sp³-hybridized carbons (Fsp3) is 0.310. The lowest BCUT2D eigenvalue weighted by atomic mass is 10.1. The van der Waals surface area contributed by atoms with E-state index in [1.807, 2.05) is 0 Å². The number of hydrogen-bond donors (Lipinski definition) is 1. The van der Waals surface area contributed by atoms with Crippen LogP contribution < -0.4 is 9.62 Å². The van der Waals surface area contributed by atoms with E-state index in [9.17, 15) is 35.6 Å². The maximum absolute atomic E-state index is 13.8. The molecular weight excluding hydrogens is 598 g/mol. The smallest absolute Gasteiger partial charge is 0.352 e. The van der Waals surface area contributed by atoms with Crippen LogP contribution in [0.1, 0.15) is 37.5 Å². The van der Waals surface area contributed by atoms with Crippen LogP contribution in [-0.2, 0) is 32.3 Å². The molecule has 0 spiro atoms. The van der Waals surface area contributed by atoms with Gasteiger partial charge < -0.3 is 10.2 Å². The minimum atomic E-state index is -4.91. The molecule has 3 aromatic carbocycles. The number of hydrogen-bond acceptors (Lipinski definition) is 4. The fourth-order valence-corrected chi connectivity index (χ4v) is 5.66. The summed E-state index contributed by atoms with van der Waals surface area (Å²) in [5.74, 6) is -1.95. The van der Waals surface area contributed by atoms with E-state index in [1.54, 1.807) is 20.8 Å². The third-order valence-electron chi connectivity index (χ3n) is 6.30. The molecule has 42 heavy (non-hydrogen) atoms. The molecule has 0 fully saturated rings. The number of nitrogens with one attached hydrogen (secondary N) is 1. The summed E-state index contributed by atoms with van der Waals surface area (Å²) in [6.07, 6.45) is -4.91. The summed E-state index contributed by atoms with van der Waals surface area (Å²) >= 11 is 5.78. The van der Waals surface area contributed by atoms with Gasteiger partial charge >= 0.3 is 6.18 Å². The summed E-state index contributed by atoms with van der Waals surface area (Å²) in [4.78, 5) is 27.6. The molecule has 13 heteroatoms. The lowest BCUT2D eigenvalue weighted by Gasteiger charge is -2.32. The van der Waals surface area contributed by atoms with Crippen molar-refractivity contribution in [2.24, 2.45) is 0 Å². The van der Waals surface area contributed by atoms with Crippen LogP contribution in [0.15, 0.2) is 71.6 Å².